The van der Waals surface area contributed by atoms with Gasteiger partial charge in [0.15, 0.2) is 0 Å². The monoisotopic (exact) mass is 196 g/mol. The van der Waals surface area contributed by atoms with E-state index in [9.17, 15) is 9.59 Å². The van der Waals surface area contributed by atoms with E-state index in [4.69, 9.17) is 10.2 Å². The summed E-state index contributed by atoms with van der Waals surface area (Å²) in [6.07, 6.45) is 3.51. The summed E-state index contributed by atoms with van der Waals surface area (Å²) in [7, 11) is 0. The highest BCUT2D eigenvalue weighted by atomic mass is 16.4. The Morgan fingerprint density at radius 2 is 2.14 bits per heavy atom. The van der Waals surface area contributed by atoms with Crippen molar-refractivity contribution >= 4 is 11.9 Å². The van der Waals surface area contributed by atoms with E-state index in [1.807, 2.05) is 0 Å². The average Bonchev–Trinajstić information content (AvgIpc) is 2.02. The zero-order valence-electron chi connectivity index (χ0n) is 7.86. The van der Waals surface area contributed by atoms with E-state index in [2.05, 4.69) is 6.58 Å². The molecule has 4 heteroatoms. The van der Waals surface area contributed by atoms with Crippen LogP contribution in [0.25, 0.3) is 0 Å². The minimum atomic E-state index is -1.37. The van der Waals surface area contributed by atoms with E-state index in [0.717, 1.165) is 0 Å². The van der Waals surface area contributed by atoms with Gasteiger partial charge < -0.3 is 10.2 Å². The normalized spacial score (nSPS) is 31.5. The number of carboxylic acids is 2. The average molecular weight is 196 g/mol. The molecule has 0 fully saturated rings. The number of carboxylic acid groups (broad SMARTS) is 2. The summed E-state index contributed by atoms with van der Waals surface area (Å²) in [5.74, 6) is -3.31. The van der Waals surface area contributed by atoms with E-state index < -0.39 is 23.3 Å². The van der Waals surface area contributed by atoms with E-state index in [1.165, 1.54) is 13.0 Å². The predicted octanol–water partition coefficient (Wildman–Crippen LogP) is 1.29. The quantitative estimate of drug-likeness (QED) is 0.652. The fourth-order valence-corrected chi connectivity index (χ4v) is 1.72. The van der Waals surface area contributed by atoms with Crippen LogP contribution in [0.5, 0.6) is 0 Å². The Balaban J connectivity index is 3.20. The summed E-state index contributed by atoms with van der Waals surface area (Å²) in [5.41, 5.74) is -0.939. The summed E-state index contributed by atoms with van der Waals surface area (Å²) < 4.78 is 0. The van der Waals surface area contributed by atoms with Gasteiger partial charge in [0.2, 0.25) is 0 Å². The molecule has 4 nitrogen and oxygen atoms in total. The molecule has 76 valence electrons. The maximum absolute atomic E-state index is 11.0. The van der Waals surface area contributed by atoms with Crippen molar-refractivity contribution in [1.29, 1.82) is 0 Å². The Bertz CT molecular complexity index is 329. The van der Waals surface area contributed by atoms with Gasteiger partial charge in [0.1, 0.15) is 0 Å². The Hall–Kier alpha value is -1.58. The number of allylic oxidation sites excluding steroid dienone is 1. The third-order valence-corrected chi connectivity index (χ3v) is 2.56. The molecule has 2 unspecified atom stereocenters. The zero-order valence-corrected chi connectivity index (χ0v) is 7.86. The van der Waals surface area contributed by atoms with Crippen molar-refractivity contribution in [2.24, 2.45) is 11.3 Å². The molecule has 0 saturated heterocycles. The van der Waals surface area contributed by atoms with Crippen molar-refractivity contribution in [1.82, 2.24) is 0 Å². The van der Waals surface area contributed by atoms with Gasteiger partial charge in [0, 0.05) is 0 Å². The standard InChI is InChI=1S/C10H12O4/c1-6-4-3-5-10(2,9(13)14)7(6)8(11)12/h3,5,7H,1,4H2,2H3,(H,11,12)(H,13,14). The SMILES string of the molecule is C=C1CC=CC(C)(C(=O)O)C1C(=O)O. The second-order valence-electron chi connectivity index (χ2n) is 3.62. The van der Waals surface area contributed by atoms with Gasteiger partial charge in [-0.05, 0) is 13.3 Å². The second-order valence-corrected chi connectivity index (χ2v) is 3.62. The van der Waals surface area contributed by atoms with Gasteiger partial charge >= 0.3 is 11.9 Å². The fourth-order valence-electron chi connectivity index (χ4n) is 1.72. The minimum Gasteiger partial charge on any atom is -0.481 e. The molecule has 2 N–H and O–H groups in total. The van der Waals surface area contributed by atoms with E-state index in [0.29, 0.717) is 12.0 Å². The first-order valence-electron chi connectivity index (χ1n) is 4.21. The lowest BCUT2D eigenvalue weighted by molar-refractivity contribution is -0.156. The van der Waals surface area contributed by atoms with Gasteiger partial charge in [-0.15, -0.1) is 0 Å². The van der Waals surface area contributed by atoms with Crippen molar-refractivity contribution in [2.75, 3.05) is 0 Å². The number of rotatable bonds is 2. The summed E-state index contributed by atoms with van der Waals surface area (Å²) in [6, 6.07) is 0. The first-order chi connectivity index (χ1) is 6.39. The van der Waals surface area contributed by atoms with E-state index >= 15 is 0 Å². The molecule has 0 aromatic rings. The van der Waals surface area contributed by atoms with Crippen LogP contribution in [0, 0.1) is 11.3 Å². The third kappa shape index (κ3) is 1.43. The highest BCUT2D eigenvalue weighted by Gasteiger charge is 2.46. The van der Waals surface area contributed by atoms with Crippen LogP contribution >= 0.6 is 0 Å². The van der Waals surface area contributed by atoms with Crippen LogP contribution in [-0.2, 0) is 9.59 Å². The fraction of sp³-hybridized carbons (Fsp3) is 0.400. The molecule has 2 atom stereocenters. The van der Waals surface area contributed by atoms with Crippen LogP contribution in [-0.4, -0.2) is 22.2 Å². The van der Waals surface area contributed by atoms with E-state index in [-0.39, 0.29) is 0 Å². The van der Waals surface area contributed by atoms with Gasteiger partial charge in [0.05, 0.1) is 11.3 Å². The molecule has 1 aliphatic rings. The second kappa shape index (κ2) is 3.29. The molecule has 1 rings (SSSR count). The molecular weight excluding hydrogens is 184 g/mol. The van der Waals surface area contributed by atoms with Gasteiger partial charge in [-0.1, -0.05) is 24.3 Å². The predicted molar refractivity (Wildman–Crippen MR) is 49.8 cm³/mol. The molecule has 0 spiro atoms. The van der Waals surface area contributed by atoms with Gasteiger partial charge in [0.25, 0.3) is 0 Å². The Morgan fingerprint density at radius 3 is 2.50 bits per heavy atom. The van der Waals surface area contributed by atoms with Gasteiger partial charge in [-0.25, -0.2) is 0 Å². The maximum Gasteiger partial charge on any atom is 0.314 e. The lowest BCUT2D eigenvalue weighted by atomic mass is 9.69. The van der Waals surface area contributed by atoms with Crippen LogP contribution < -0.4 is 0 Å². The summed E-state index contributed by atoms with van der Waals surface area (Å²) in [5, 5.41) is 17.9. The highest BCUT2D eigenvalue weighted by Crippen LogP contribution is 2.39. The largest absolute Gasteiger partial charge is 0.481 e. The maximum atomic E-state index is 11.0. The lowest BCUT2D eigenvalue weighted by Crippen LogP contribution is -2.41. The molecule has 0 aliphatic heterocycles. The van der Waals surface area contributed by atoms with Gasteiger partial charge in [-0.3, -0.25) is 9.59 Å². The zero-order chi connectivity index (χ0) is 10.9. The molecule has 14 heavy (non-hydrogen) atoms. The first-order valence-corrected chi connectivity index (χ1v) is 4.21. The Morgan fingerprint density at radius 1 is 1.57 bits per heavy atom. The van der Waals surface area contributed by atoms with Crippen LogP contribution in [0.4, 0.5) is 0 Å². The van der Waals surface area contributed by atoms with E-state index in [1.54, 1.807) is 6.08 Å². The van der Waals surface area contributed by atoms with Crippen molar-refractivity contribution in [3.05, 3.63) is 24.3 Å². The Kier molecular flexibility index (Phi) is 2.47. The van der Waals surface area contributed by atoms with Gasteiger partial charge in [-0.2, -0.15) is 0 Å². The molecular formula is C10H12O4. The van der Waals surface area contributed by atoms with Crippen LogP contribution in [0.15, 0.2) is 24.3 Å². The first kappa shape index (κ1) is 10.5. The number of hydrogen-bond donors (Lipinski definition) is 2. The van der Waals surface area contributed by atoms with Crippen LogP contribution in [0.2, 0.25) is 0 Å². The molecule has 0 aromatic carbocycles. The molecule has 0 amide bonds. The minimum absolute atomic E-state index is 0.430. The molecule has 0 saturated carbocycles. The third-order valence-electron chi connectivity index (χ3n) is 2.56. The topological polar surface area (TPSA) is 74.6 Å². The summed E-state index contributed by atoms with van der Waals surface area (Å²) >= 11 is 0. The molecule has 0 aromatic heterocycles. The van der Waals surface area contributed by atoms with Crippen molar-refractivity contribution in [2.45, 2.75) is 13.3 Å². The summed E-state index contributed by atoms with van der Waals surface area (Å²) in [6.45, 7) is 5.00. The van der Waals surface area contributed by atoms with Crippen molar-refractivity contribution < 1.29 is 19.8 Å². The Labute approximate surface area is 81.6 Å². The summed E-state index contributed by atoms with van der Waals surface area (Å²) in [4.78, 5) is 21.9. The molecule has 1 aliphatic carbocycles. The molecule has 0 radical (unpaired) electrons. The highest BCUT2D eigenvalue weighted by molar-refractivity contribution is 5.87. The number of carbonyl (C=O) groups is 2. The number of aliphatic carboxylic acids is 2. The number of hydrogen-bond acceptors (Lipinski definition) is 2. The van der Waals surface area contributed by atoms with Crippen LogP contribution in [0.3, 0.4) is 0 Å². The van der Waals surface area contributed by atoms with Crippen molar-refractivity contribution in [3.63, 3.8) is 0 Å². The molecule has 0 heterocycles. The smallest absolute Gasteiger partial charge is 0.314 e. The lowest BCUT2D eigenvalue weighted by Gasteiger charge is -2.32. The molecule has 0 bridgehead atoms. The van der Waals surface area contributed by atoms with Crippen LogP contribution in [0.1, 0.15) is 13.3 Å². The van der Waals surface area contributed by atoms with Crippen molar-refractivity contribution in [3.8, 4) is 0 Å².